The number of carbonyl (C=O) groups is 1. The van der Waals surface area contributed by atoms with E-state index in [2.05, 4.69) is 5.32 Å². The molecular weight excluding hydrogens is 453 g/mol. The zero-order chi connectivity index (χ0) is 25.0. The van der Waals surface area contributed by atoms with Gasteiger partial charge >= 0.3 is 12.1 Å². The number of carboxylic acids is 1. The average molecular weight is 477 g/mol. The maximum Gasteiger partial charge on any atom is 0.417 e. The lowest BCUT2D eigenvalue weighted by molar-refractivity contribution is -0.141. The molecule has 0 spiro atoms. The minimum Gasteiger partial charge on any atom is -0.481 e. The first-order valence-electron chi connectivity index (χ1n) is 10.7. The lowest BCUT2D eigenvalue weighted by Crippen LogP contribution is -2.21. The minimum atomic E-state index is -4.81. The summed E-state index contributed by atoms with van der Waals surface area (Å²) in [6, 6.07) is 13.3. The summed E-state index contributed by atoms with van der Waals surface area (Å²) in [4.78, 5) is 12.1. The minimum absolute atomic E-state index is 0.00267. The van der Waals surface area contributed by atoms with E-state index in [-0.39, 0.29) is 46.8 Å². The molecule has 0 aliphatic carbocycles. The van der Waals surface area contributed by atoms with Crippen LogP contribution in [0.25, 0.3) is 11.1 Å². The molecule has 34 heavy (non-hydrogen) atoms. The molecule has 0 aromatic heterocycles. The maximum absolute atomic E-state index is 14.3. The van der Waals surface area contributed by atoms with Crippen LogP contribution < -0.4 is 5.32 Å². The van der Waals surface area contributed by atoms with Gasteiger partial charge in [0.25, 0.3) is 0 Å². The Hall–Kier alpha value is -3.42. The SMILES string of the molecule is CC(C)CC(C(=O)O)c1cc(NCc2ccc(F)cc2F)cc(-c2ccccc2)c1C(F)(F)F. The van der Waals surface area contributed by atoms with Crippen molar-refractivity contribution < 1.29 is 31.9 Å². The van der Waals surface area contributed by atoms with Crippen molar-refractivity contribution in [3.63, 3.8) is 0 Å². The van der Waals surface area contributed by atoms with Gasteiger partial charge in [0.05, 0.1) is 11.5 Å². The maximum atomic E-state index is 14.3. The van der Waals surface area contributed by atoms with Crippen molar-refractivity contribution in [2.45, 2.75) is 38.9 Å². The fraction of sp³-hybridized carbons (Fsp3) is 0.269. The van der Waals surface area contributed by atoms with Crippen LogP contribution >= 0.6 is 0 Å². The van der Waals surface area contributed by atoms with Crippen LogP contribution in [-0.2, 0) is 17.5 Å². The van der Waals surface area contributed by atoms with Gasteiger partial charge in [0.2, 0.25) is 0 Å². The van der Waals surface area contributed by atoms with Crippen molar-refractivity contribution in [1.82, 2.24) is 0 Å². The largest absolute Gasteiger partial charge is 0.481 e. The summed E-state index contributed by atoms with van der Waals surface area (Å²) in [5, 5.41) is 12.7. The second-order valence-electron chi connectivity index (χ2n) is 8.46. The molecule has 0 saturated carbocycles. The standard InChI is InChI=1S/C26H24F5NO2/c1-15(2)10-22(25(33)34)21-13-19(32-14-17-8-9-18(27)11-23(17)28)12-20(24(21)26(29,30)31)16-6-4-3-5-7-16/h3-9,11-13,15,22,32H,10,14H2,1-2H3,(H,33,34). The molecular formula is C26H24F5NO2. The van der Waals surface area contributed by atoms with Crippen LogP contribution in [0.5, 0.6) is 0 Å². The van der Waals surface area contributed by atoms with Gasteiger partial charge in [-0.15, -0.1) is 0 Å². The number of alkyl halides is 3. The zero-order valence-corrected chi connectivity index (χ0v) is 18.6. The number of carboxylic acid groups (broad SMARTS) is 1. The third-order valence-corrected chi connectivity index (χ3v) is 5.42. The van der Waals surface area contributed by atoms with Gasteiger partial charge in [-0.2, -0.15) is 13.2 Å². The quantitative estimate of drug-likeness (QED) is 0.331. The van der Waals surface area contributed by atoms with Crippen molar-refractivity contribution in [3.05, 3.63) is 89.0 Å². The molecule has 1 atom stereocenters. The number of nitrogens with one attached hydrogen (secondary N) is 1. The van der Waals surface area contributed by atoms with Crippen LogP contribution in [0, 0.1) is 17.6 Å². The van der Waals surface area contributed by atoms with E-state index in [1.165, 1.54) is 24.3 Å². The van der Waals surface area contributed by atoms with Gasteiger partial charge < -0.3 is 10.4 Å². The van der Waals surface area contributed by atoms with E-state index in [9.17, 15) is 31.9 Å². The molecule has 0 heterocycles. The number of aliphatic carboxylic acids is 1. The topological polar surface area (TPSA) is 49.3 Å². The van der Waals surface area contributed by atoms with E-state index < -0.39 is 35.3 Å². The van der Waals surface area contributed by atoms with E-state index in [1.54, 1.807) is 32.0 Å². The summed E-state index contributed by atoms with van der Waals surface area (Å²) in [5.41, 5.74) is -0.979. The van der Waals surface area contributed by atoms with Gasteiger partial charge in [0.15, 0.2) is 0 Å². The predicted molar refractivity (Wildman–Crippen MR) is 120 cm³/mol. The first kappa shape index (κ1) is 25.2. The molecule has 0 saturated heterocycles. The highest BCUT2D eigenvalue weighted by Crippen LogP contribution is 2.45. The Morgan fingerprint density at radius 1 is 1.00 bits per heavy atom. The van der Waals surface area contributed by atoms with Crippen LogP contribution in [0.15, 0.2) is 60.7 Å². The Morgan fingerprint density at radius 2 is 1.68 bits per heavy atom. The lowest BCUT2D eigenvalue weighted by Gasteiger charge is -2.24. The van der Waals surface area contributed by atoms with Crippen LogP contribution in [0.4, 0.5) is 27.6 Å². The molecule has 3 rings (SSSR count). The molecule has 3 nitrogen and oxygen atoms in total. The van der Waals surface area contributed by atoms with E-state index in [1.807, 2.05) is 0 Å². The van der Waals surface area contributed by atoms with Crippen molar-refractivity contribution in [2.24, 2.45) is 5.92 Å². The van der Waals surface area contributed by atoms with E-state index >= 15 is 0 Å². The first-order valence-corrected chi connectivity index (χ1v) is 10.7. The number of anilines is 1. The third kappa shape index (κ3) is 5.92. The van der Waals surface area contributed by atoms with Crippen molar-refractivity contribution in [2.75, 3.05) is 5.32 Å². The second kappa shape index (κ2) is 10.2. The molecule has 1 unspecified atom stereocenters. The summed E-state index contributed by atoms with van der Waals surface area (Å²) in [6.07, 6.45) is -4.81. The number of hydrogen-bond acceptors (Lipinski definition) is 2. The predicted octanol–water partition coefficient (Wildman–Crippen LogP) is 7.48. The molecule has 2 N–H and O–H groups in total. The van der Waals surface area contributed by atoms with Crippen molar-refractivity contribution in [1.29, 1.82) is 0 Å². The van der Waals surface area contributed by atoms with Gasteiger partial charge in [-0.1, -0.05) is 50.2 Å². The van der Waals surface area contributed by atoms with E-state index in [0.717, 1.165) is 12.1 Å². The van der Waals surface area contributed by atoms with Crippen LogP contribution in [0.1, 0.15) is 42.9 Å². The Bertz CT molecular complexity index is 1160. The Kier molecular flexibility index (Phi) is 7.59. The molecule has 0 amide bonds. The van der Waals surface area contributed by atoms with Crippen LogP contribution in [-0.4, -0.2) is 11.1 Å². The number of halogens is 5. The highest BCUT2D eigenvalue weighted by atomic mass is 19.4. The first-order chi connectivity index (χ1) is 16.0. The molecule has 0 fully saturated rings. The Labute approximate surface area is 194 Å². The molecule has 0 bridgehead atoms. The van der Waals surface area contributed by atoms with Gasteiger partial charge in [-0.05, 0) is 47.2 Å². The average Bonchev–Trinajstić information content (AvgIpc) is 2.76. The third-order valence-electron chi connectivity index (χ3n) is 5.42. The summed E-state index contributed by atoms with van der Waals surface area (Å²) >= 11 is 0. The lowest BCUT2D eigenvalue weighted by atomic mass is 9.83. The second-order valence-corrected chi connectivity index (χ2v) is 8.46. The van der Waals surface area contributed by atoms with Crippen molar-refractivity contribution >= 4 is 11.7 Å². The summed E-state index contributed by atoms with van der Waals surface area (Å²) in [7, 11) is 0. The summed E-state index contributed by atoms with van der Waals surface area (Å²) in [5.74, 6) is -4.48. The molecule has 8 heteroatoms. The zero-order valence-electron chi connectivity index (χ0n) is 18.6. The molecule has 0 aliphatic heterocycles. The number of hydrogen-bond donors (Lipinski definition) is 2. The molecule has 3 aromatic carbocycles. The van der Waals surface area contributed by atoms with Crippen LogP contribution in [0.2, 0.25) is 0 Å². The van der Waals surface area contributed by atoms with Crippen molar-refractivity contribution in [3.8, 4) is 11.1 Å². The smallest absolute Gasteiger partial charge is 0.417 e. The van der Waals surface area contributed by atoms with Gasteiger partial charge in [-0.3, -0.25) is 4.79 Å². The monoisotopic (exact) mass is 477 g/mol. The Morgan fingerprint density at radius 3 is 2.24 bits per heavy atom. The number of benzene rings is 3. The fourth-order valence-electron chi connectivity index (χ4n) is 3.90. The van der Waals surface area contributed by atoms with Gasteiger partial charge in [-0.25, -0.2) is 8.78 Å². The van der Waals surface area contributed by atoms with Gasteiger partial charge in [0.1, 0.15) is 11.6 Å². The Balaban J connectivity index is 2.19. The highest BCUT2D eigenvalue weighted by molar-refractivity contribution is 5.82. The van der Waals surface area contributed by atoms with Gasteiger partial charge in [0, 0.05) is 23.9 Å². The summed E-state index contributed by atoms with van der Waals surface area (Å²) in [6.45, 7) is 3.34. The molecule has 180 valence electrons. The van der Waals surface area contributed by atoms with E-state index in [4.69, 9.17) is 0 Å². The highest BCUT2D eigenvalue weighted by Gasteiger charge is 2.40. The molecule has 0 aliphatic rings. The number of rotatable bonds is 8. The molecule has 0 radical (unpaired) electrons. The fourth-order valence-corrected chi connectivity index (χ4v) is 3.90. The van der Waals surface area contributed by atoms with Crippen LogP contribution in [0.3, 0.4) is 0 Å². The molecule has 3 aromatic rings. The van der Waals surface area contributed by atoms with E-state index in [0.29, 0.717) is 6.07 Å². The normalized spacial score (nSPS) is 12.6. The summed E-state index contributed by atoms with van der Waals surface area (Å²) < 4.78 is 70.3.